The molecule has 0 fully saturated rings. The van der Waals surface area contributed by atoms with Crippen LogP contribution in [0.5, 0.6) is 5.75 Å². The van der Waals surface area contributed by atoms with Crippen LogP contribution in [0.4, 0.5) is 0 Å². The van der Waals surface area contributed by atoms with E-state index in [9.17, 15) is 5.26 Å². The molecule has 0 unspecified atom stereocenters. The highest BCUT2D eigenvalue weighted by atomic mass is 79.9. The molecule has 2 rings (SSSR count). The van der Waals surface area contributed by atoms with Gasteiger partial charge in [-0.2, -0.15) is 5.26 Å². The van der Waals surface area contributed by atoms with E-state index in [1.807, 2.05) is 12.1 Å². The first-order valence-electron chi connectivity index (χ1n) is 5.71. The molecule has 1 aromatic heterocycles. The van der Waals surface area contributed by atoms with Crippen LogP contribution in [0.25, 0.3) is 10.6 Å². The third-order valence-corrected chi connectivity index (χ3v) is 3.79. The van der Waals surface area contributed by atoms with Gasteiger partial charge in [-0.3, -0.25) is 4.98 Å². The topological polar surface area (TPSA) is 45.9 Å². The molecule has 0 aliphatic heterocycles. The molecule has 1 heterocycles. The van der Waals surface area contributed by atoms with E-state index in [1.165, 1.54) is 0 Å². The third-order valence-electron chi connectivity index (χ3n) is 2.71. The first-order chi connectivity index (χ1) is 9.67. The molecular formula is C15H10BrClN2O. The van der Waals surface area contributed by atoms with Crippen LogP contribution >= 0.6 is 27.5 Å². The Labute approximate surface area is 130 Å². The van der Waals surface area contributed by atoms with Gasteiger partial charge in [0.1, 0.15) is 11.8 Å². The van der Waals surface area contributed by atoms with Crippen molar-refractivity contribution in [3.05, 3.63) is 58.3 Å². The van der Waals surface area contributed by atoms with E-state index >= 15 is 0 Å². The molecule has 0 N–H and O–H groups in total. The highest BCUT2D eigenvalue weighted by Crippen LogP contribution is 2.35. The molecule has 2 aromatic rings. The molecule has 5 heteroatoms. The number of nitrogens with zero attached hydrogens (tertiary/aromatic N) is 2. The minimum Gasteiger partial charge on any atom is -0.497 e. The van der Waals surface area contributed by atoms with Crippen molar-refractivity contribution in [3.8, 4) is 11.8 Å². The van der Waals surface area contributed by atoms with Crippen LogP contribution < -0.4 is 4.74 Å². The van der Waals surface area contributed by atoms with Gasteiger partial charge in [-0.05, 0) is 35.9 Å². The molecule has 20 heavy (non-hydrogen) atoms. The number of aromatic nitrogens is 1. The maximum atomic E-state index is 9.37. The van der Waals surface area contributed by atoms with Crippen molar-refractivity contribution in [2.24, 2.45) is 0 Å². The number of methoxy groups -OCH3 is 1. The molecule has 0 saturated heterocycles. The van der Waals surface area contributed by atoms with Gasteiger partial charge in [-0.15, -0.1) is 0 Å². The lowest BCUT2D eigenvalue weighted by Gasteiger charge is -2.08. The van der Waals surface area contributed by atoms with Crippen molar-refractivity contribution in [2.45, 2.75) is 0 Å². The zero-order valence-corrected chi connectivity index (χ0v) is 12.9. The fraction of sp³-hybridized carbons (Fsp3) is 0.0667. The summed E-state index contributed by atoms with van der Waals surface area (Å²) in [5.41, 5.74) is 1.82. The Morgan fingerprint density at radius 1 is 1.30 bits per heavy atom. The Morgan fingerprint density at radius 2 is 2.00 bits per heavy atom. The predicted molar refractivity (Wildman–Crippen MR) is 83.2 cm³/mol. The number of allylic oxidation sites excluding steroid dienone is 1. The summed E-state index contributed by atoms with van der Waals surface area (Å²) in [7, 11) is 1.58. The molecule has 1 aromatic carbocycles. The first kappa shape index (κ1) is 14.6. The van der Waals surface area contributed by atoms with Crippen molar-refractivity contribution >= 4 is 38.1 Å². The normalized spacial score (nSPS) is 11.5. The summed E-state index contributed by atoms with van der Waals surface area (Å²) in [5.74, 6) is 0.674. The monoisotopic (exact) mass is 348 g/mol. The number of hydrogen-bond acceptors (Lipinski definition) is 3. The van der Waals surface area contributed by atoms with Gasteiger partial charge in [0.2, 0.25) is 0 Å². The second kappa shape index (κ2) is 6.56. The molecular weight excluding hydrogens is 340 g/mol. The molecule has 0 atom stereocenters. The summed E-state index contributed by atoms with van der Waals surface area (Å²) in [5, 5.41) is 9.73. The minimum absolute atomic E-state index is 0.365. The van der Waals surface area contributed by atoms with E-state index in [0.717, 1.165) is 10.0 Å². The Bertz CT molecular complexity index is 693. The van der Waals surface area contributed by atoms with Crippen LogP contribution in [0.15, 0.2) is 47.2 Å². The van der Waals surface area contributed by atoms with Crippen LogP contribution in [-0.2, 0) is 0 Å². The zero-order chi connectivity index (χ0) is 14.5. The fourth-order valence-corrected chi connectivity index (χ4v) is 2.56. The van der Waals surface area contributed by atoms with Gasteiger partial charge >= 0.3 is 0 Å². The number of ether oxygens (including phenoxy) is 1. The SMILES string of the molecule is COc1ccc(Br)c(/C(Cl)=C(/C#N)c2ccncc2)c1. The Kier molecular flexibility index (Phi) is 4.78. The summed E-state index contributed by atoms with van der Waals surface area (Å²) in [6, 6.07) is 11.1. The standard InChI is InChI=1S/C15H10BrClN2O/c1-20-11-2-3-14(16)12(8-11)15(17)13(9-18)10-4-6-19-7-5-10/h2-8H,1H3/b15-13+. The predicted octanol–water partition coefficient (Wildman–Crippen LogP) is 4.48. The maximum absolute atomic E-state index is 9.37. The maximum Gasteiger partial charge on any atom is 0.119 e. The Morgan fingerprint density at radius 3 is 2.60 bits per heavy atom. The minimum atomic E-state index is 0.365. The smallest absolute Gasteiger partial charge is 0.119 e. The van der Waals surface area contributed by atoms with Crippen molar-refractivity contribution in [1.82, 2.24) is 4.98 Å². The molecule has 0 amide bonds. The molecule has 0 bridgehead atoms. The molecule has 3 nitrogen and oxygen atoms in total. The van der Waals surface area contributed by atoms with Gasteiger partial charge in [0.25, 0.3) is 0 Å². The quantitative estimate of drug-likeness (QED) is 0.767. The van der Waals surface area contributed by atoms with Crippen molar-refractivity contribution in [1.29, 1.82) is 5.26 Å². The van der Waals surface area contributed by atoms with E-state index in [-0.39, 0.29) is 0 Å². The molecule has 0 aliphatic carbocycles. The summed E-state index contributed by atoms with van der Waals surface area (Å²) in [4.78, 5) is 3.93. The highest BCUT2D eigenvalue weighted by Gasteiger charge is 2.13. The summed E-state index contributed by atoms with van der Waals surface area (Å²) in [6.45, 7) is 0. The van der Waals surface area contributed by atoms with Gasteiger partial charge in [-0.1, -0.05) is 27.5 Å². The lowest BCUT2D eigenvalue weighted by molar-refractivity contribution is 0.414. The van der Waals surface area contributed by atoms with Crippen molar-refractivity contribution < 1.29 is 4.74 Å². The zero-order valence-electron chi connectivity index (χ0n) is 10.6. The highest BCUT2D eigenvalue weighted by molar-refractivity contribution is 9.10. The van der Waals surface area contributed by atoms with E-state index in [2.05, 4.69) is 27.0 Å². The molecule has 0 aliphatic rings. The van der Waals surface area contributed by atoms with Crippen molar-refractivity contribution in [3.63, 3.8) is 0 Å². The molecule has 0 spiro atoms. The molecule has 0 radical (unpaired) electrons. The lowest BCUT2D eigenvalue weighted by Crippen LogP contribution is -1.90. The third kappa shape index (κ3) is 3.01. The number of benzene rings is 1. The van der Waals surface area contributed by atoms with E-state index in [0.29, 0.717) is 21.9 Å². The largest absolute Gasteiger partial charge is 0.497 e. The van der Waals surface area contributed by atoms with Gasteiger partial charge in [0.15, 0.2) is 0 Å². The summed E-state index contributed by atoms with van der Waals surface area (Å²) >= 11 is 9.83. The number of nitriles is 1. The average Bonchev–Trinajstić information content (AvgIpc) is 2.49. The van der Waals surface area contributed by atoms with Crippen molar-refractivity contribution in [2.75, 3.05) is 7.11 Å². The second-order valence-electron chi connectivity index (χ2n) is 3.88. The fourth-order valence-electron chi connectivity index (χ4n) is 1.69. The molecule has 100 valence electrons. The number of halogens is 2. The van der Waals surface area contributed by atoms with Crippen LogP contribution in [-0.4, -0.2) is 12.1 Å². The van der Waals surface area contributed by atoms with Gasteiger partial charge < -0.3 is 4.74 Å². The van der Waals surface area contributed by atoms with E-state index in [1.54, 1.807) is 37.7 Å². The van der Waals surface area contributed by atoms with Crippen LogP contribution in [0, 0.1) is 11.3 Å². The van der Waals surface area contributed by atoms with E-state index in [4.69, 9.17) is 16.3 Å². The second-order valence-corrected chi connectivity index (χ2v) is 5.11. The Balaban J connectivity index is 2.61. The summed E-state index contributed by atoms with van der Waals surface area (Å²) < 4.78 is 5.98. The van der Waals surface area contributed by atoms with E-state index < -0.39 is 0 Å². The first-order valence-corrected chi connectivity index (χ1v) is 6.88. The number of pyridine rings is 1. The van der Waals surface area contributed by atoms with Crippen LogP contribution in [0.1, 0.15) is 11.1 Å². The number of rotatable bonds is 3. The van der Waals surface area contributed by atoms with Crippen LogP contribution in [0.2, 0.25) is 0 Å². The lowest BCUT2D eigenvalue weighted by atomic mass is 10.0. The van der Waals surface area contributed by atoms with Crippen LogP contribution in [0.3, 0.4) is 0 Å². The molecule has 0 saturated carbocycles. The Hall–Kier alpha value is -1.83. The van der Waals surface area contributed by atoms with Gasteiger partial charge in [0.05, 0.1) is 17.7 Å². The average molecular weight is 350 g/mol. The summed E-state index contributed by atoms with van der Waals surface area (Å²) in [6.07, 6.45) is 3.24. The van der Waals surface area contributed by atoms with Gasteiger partial charge in [-0.25, -0.2) is 0 Å². The number of hydrogen-bond donors (Lipinski definition) is 0. The van der Waals surface area contributed by atoms with Gasteiger partial charge in [0, 0.05) is 22.4 Å².